The van der Waals surface area contributed by atoms with Crippen molar-refractivity contribution in [1.82, 2.24) is 0 Å². The van der Waals surface area contributed by atoms with Crippen molar-refractivity contribution >= 4 is 40.1 Å². The van der Waals surface area contributed by atoms with Crippen LogP contribution in [-0.2, 0) is 4.79 Å². The van der Waals surface area contributed by atoms with Crippen LogP contribution in [-0.4, -0.2) is 28.3 Å². The molecule has 0 saturated heterocycles. The van der Waals surface area contributed by atoms with Gasteiger partial charge in [-0.05, 0) is 56.5 Å². The molecule has 5 nitrogen and oxygen atoms in total. The number of aliphatic carboxylic acids is 1. The van der Waals surface area contributed by atoms with Gasteiger partial charge in [-0.3, -0.25) is 0 Å². The molecule has 0 bridgehead atoms. The maximum Gasteiger partial charge on any atom is 0.171 e. The molecule has 2 aromatic carbocycles. The first-order chi connectivity index (χ1) is 14.0. The molecule has 6 heteroatoms. The molecule has 0 radical (unpaired) electrons. The van der Waals surface area contributed by atoms with E-state index in [1.807, 2.05) is 31.2 Å². The molecule has 1 heterocycles. The molecule has 1 spiro atoms. The highest BCUT2D eigenvalue weighted by atomic mass is 32.2. The Labute approximate surface area is 175 Å². The van der Waals surface area contributed by atoms with Gasteiger partial charge in [0.25, 0.3) is 0 Å². The van der Waals surface area contributed by atoms with Gasteiger partial charge in [-0.25, -0.2) is 9.98 Å². The van der Waals surface area contributed by atoms with Crippen LogP contribution < -0.4 is 10.0 Å². The summed E-state index contributed by atoms with van der Waals surface area (Å²) in [6, 6.07) is 16.4. The summed E-state index contributed by atoms with van der Waals surface area (Å²) >= 11 is 1.21. The van der Waals surface area contributed by atoms with Crippen molar-refractivity contribution in [2.45, 2.75) is 45.1 Å². The Balaban J connectivity index is 1.81. The van der Waals surface area contributed by atoms with Gasteiger partial charge in [-0.1, -0.05) is 54.4 Å². The Hall–Kier alpha value is -2.60. The van der Waals surface area contributed by atoms with Crippen molar-refractivity contribution in [3.63, 3.8) is 0 Å². The third-order valence-corrected chi connectivity index (χ3v) is 6.43. The van der Waals surface area contributed by atoms with Gasteiger partial charge in [0.2, 0.25) is 0 Å². The quantitative estimate of drug-likeness (QED) is 0.769. The van der Waals surface area contributed by atoms with E-state index in [4.69, 9.17) is 9.98 Å². The number of anilines is 1. The fraction of sp³-hybridized carbons (Fsp3) is 0.348. The number of aryl methyl sites for hydroxylation is 2. The van der Waals surface area contributed by atoms with Crippen LogP contribution in [0.15, 0.2) is 58.5 Å². The lowest BCUT2D eigenvalue weighted by molar-refractivity contribution is -0.301. The lowest BCUT2D eigenvalue weighted by Gasteiger charge is -2.37. The van der Waals surface area contributed by atoms with Gasteiger partial charge < -0.3 is 14.8 Å². The van der Waals surface area contributed by atoms with E-state index >= 15 is 0 Å². The van der Waals surface area contributed by atoms with Gasteiger partial charge in [0.05, 0.1) is 11.7 Å². The second kappa shape index (κ2) is 8.03. The van der Waals surface area contributed by atoms with E-state index in [0.29, 0.717) is 5.17 Å². The average Bonchev–Trinajstić information content (AvgIpc) is 3.28. The molecule has 0 aromatic heterocycles. The number of rotatable bonds is 4. The Morgan fingerprint density at radius 3 is 2.52 bits per heavy atom. The zero-order valence-electron chi connectivity index (χ0n) is 16.7. The number of carboxylic acid groups (broad SMARTS) is 1. The van der Waals surface area contributed by atoms with Gasteiger partial charge in [-0.15, -0.1) is 0 Å². The Bertz CT molecular complexity index is 976. The molecule has 1 saturated carbocycles. The van der Waals surface area contributed by atoms with E-state index in [-0.39, 0.29) is 11.3 Å². The van der Waals surface area contributed by atoms with Crippen molar-refractivity contribution < 1.29 is 9.90 Å². The number of carboxylic acids is 1. The number of carbonyl (C=O) groups is 1. The van der Waals surface area contributed by atoms with Crippen molar-refractivity contribution in [2.24, 2.45) is 9.98 Å². The van der Waals surface area contributed by atoms with Crippen LogP contribution in [0.25, 0.3) is 0 Å². The fourth-order valence-electron chi connectivity index (χ4n) is 4.16. The number of amidine groups is 2. The molecule has 0 atom stereocenters. The van der Waals surface area contributed by atoms with Gasteiger partial charge in [0.15, 0.2) is 11.0 Å². The second-order valence-electron chi connectivity index (χ2n) is 7.74. The van der Waals surface area contributed by atoms with Crippen LogP contribution in [0.1, 0.15) is 36.8 Å². The van der Waals surface area contributed by atoms with Crippen LogP contribution in [0.5, 0.6) is 0 Å². The maximum atomic E-state index is 11.1. The van der Waals surface area contributed by atoms with Crippen LogP contribution in [0.3, 0.4) is 0 Å². The molecule has 1 aliphatic heterocycles. The molecule has 0 amide bonds. The van der Waals surface area contributed by atoms with Gasteiger partial charge in [0, 0.05) is 11.4 Å². The highest BCUT2D eigenvalue weighted by Gasteiger charge is 2.50. The standard InChI is InChI=1S/C23H25N3O2S/c1-16-8-10-19(11-9-16)26-22(29-15-20(27)28)25-21(23(26)12-3-4-13-23)24-18-7-5-6-17(2)14-18/h5-11,14H,3-4,12-13,15H2,1-2H3,(H,27,28)/p-1. The number of aliphatic imine (C=N–C) groups is 2. The smallest absolute Gasteiger partial charge is 0.171 e. The molecule has 1 fully saturated rings. The van der Waals surface area contributed by atoms with Crippen molar-refractivity contribution in [3.05, 3.63) is 59.7 Å². The predicted octanol–water partition coefficient (Wildman–Crippen LogP) is 4.01. The molecule has 150 valence electrons. The van der Waals surface area contributed by atoms with Crippen LogP contribution in [0.2, 0.25) is 0 Å². The molecular weight excluding hydrogens is 382 g/mol. The Morgan fingerprint density at radius 2 is 1.86 bits per heavy atom. The second-order valence-corrected chi connectivity index (χ2v) is 8.68. The van der Waals surface area contributed by atoms with E-state index in [0.717, 1.165) is 48.5 Å². The number of nitrogens with zero attached hydrogens (tertiary/aromatic N) is 3. The summed E-state index contributed by atoms with van der Waals surface area (Å²) in [6.07, 6.45) is 4.10. The number of hydrogen-bond acceptors (Lipinski definition) is 5. The highest BCUT2D eigenvalue weighted by molar-refractivity contribution is 8.14. The van der Waals surface area contributed by atoms with Crippen LogP contribution in [0, 0.1) is 13.8 Å². The monoisotopic (exact) mass is 406 g/mol. The Kier molecular flexibility index (Phi) is 5.46. The number of thioether (sulfide) groups is 1. The normalized spacial score (nSPS) is 19.2. The van der Waals surface area contributed by atoms with Crippen molar-refractivity contribution in [2.75, 3.05) is 10.7 Å². The molecule has 2 aromatic rings. The molecule has 0 N–H and O–H groups in total. The van der Waals surface area contributed by atoms with Crippen molar-refractivity contribution in [1.29, 1.82) is 0 Å². The minimum Gasteiger partial charge on any atom is -0.549 e. The average molecular weight is 407 g/mol. The first-order valence-electron chi connectivity index (χ1n) is 9.92. The highest BCUT2D eigenvalue weighted by Crippen LogP contribution is 2.45. The fourth-order valence-corrected chi connectivity index (χ4v) is 4.96. The first kappa shape index (κ1) is 19.7. The zero-order chi connectivity index (χ0) is 20.4. The van der Waals surface area contributed by atoms with Gasteiger partial charge in [-0.2, -0.15) is 0 Å². The van der Waals surface area contributed by atoms with E-state index in [1.165, 1.54) is 17.3 Å². The lowest BCUT2D eigenvalue weighted by Crippen LogP contribution is -2.49. The summed E-state index contributed by atoms with van der Waals surface area (Å²) in [6.45, 7) is 4.11. The molecule has 29 heavy (non-hydrogen) atoms. The molecular formula is C23H24N3O2S-. The van der Waals surface area contributed by atoms with Gasteiger partial charge >= 0.3 is 0 Å². The summed E-state index contributed by atoms with van der Waals surface area (Å²) in [7, 11) is 0. The van der Waals surface area contributed by atoms with Crippen molar-refractivity contribution in [3.8, 4) is 0 Å². The molecule has 4 rings (SSSR count). The number of hydrogen-bond donors (Lipinski definition) is 0. The third-order valence-electron chi connectivity index (χ3n) is 5.52. The summed E-state index contributed by atoms with van der Waals surface area (Å²) in [5, 5.41) is 11.8. The summed E-state index contributed by atoms with van der Waals surface area (Å²) in [5.74, 6) is -0.442. The Morgan fingerprint density at radius 1 is 1.14 bits per heavy atom. The largest absolute Gasteiger partial charge is 0.549 e. The van der Waals surface area contributed by atoms with Crippen LogP contribution >= 0.6 is 11.8 Å². The maximum absolute atomic E-state index is 11.1. The van der Waals surface area contributed by atoms with E-state index in [2.05, 4.69) is 36.1 Å². The third kappa shape index (κ3) is 3.94. The summed E-state index contributed by atoms with van der Waals surface area (Å²) < 4.78 is 0. The zero-order valence-corrected chi connectivity index (χ0v) is 17.5. The topological polar surface area (TPSA) is 68.1 Å². The number of benzene rings is 2. The molecule has 2 aliphatic rings. The first-order valence-corrected chi connectivity index (χ1v) is 10.9. The van der Waals surface area contributed by atoms with Crippen LogP contribution in [0.4, 0.5) is 11.4 Å². The SMILES string of the molecule is Cc1ccc(N2C(SCC(=O)[O-])=NC(=Nc3cccc(C)c3)C23CCCC3)cc1. The van der Waals surface area contributed by atoms with E-state index in [1.54, 1.807) is 0 Å². The molecule has 0 unspecified atom stereocenters. The summed E-state index contributed by atoms with van der Waals surface area (Å²) in [4.78, 5) is 23.1. The van der Waals surface area contributed by atoms with E-state index in [9.17, 15) is 9.90 Å². The minimum atomic E-state index is -1.09. The lowest BCUT2D eigenvalue weighted by atomic mass is 9.94. The van der Waals surface area contributed by atoms with E-state index < -0.39 is 5.97 Å². The minimum absolute atomic E-state index is 0.130. The number of carbonyl (C=O) groups excluding carboxylic acids is 1. The van der Waals surface area contributed by atoms with Gasteiger partial charge in [0.1, 0.15) is 5.54 Å². The molecule has 1 aliphatic carbocycles. The summed E-state index contributed by atoms with van der Waals surface area (Å²) in [5.41, 5.74) is 3.91. The predicted molar refractivity (Wildman–Crippen MR) is 118 cm³/mol.